The first-order valence-corrected chi connectivity index (χ1v) is 11.9. The molecule has 0 spiro atoms. The number of aromatic nitrogens is 2. The topological polar surface area (TPSA) is 101 Å². The zero-order valence-corrected chi connectivity index (χ0v) is 21.2. The molecule has 1 amide bonds. The Morgan fingerprint density at radius 1 is 1.08 bits per heavy atom. The van der Waals surface area contributed by atoms with E-state index in [4.69, 9.17) is 0 Å². The maximum atomic E-state index is 14.3. The van der Waals surface area contributed by atoms with Gasteiger partial charge >= 0.3 is 5.97 Å². The van der Waals surface area contributed by atoms with E-state index in [0.717, 1.165) is 39.1 Å². The first kappa shape index (κ1) is 26.8. The molecule has 2 aromatic heterocycles. The number of pyridine rings is 2. The number of nitrogens with one attached hydrogen (secondary N) is 1. The zero-order valence-electron chi connectivity index (χ0n) is 21.2. The number of amides is 1. The third-order valence-electron chi connectivity index (χ3n) is 6.18. The van der Waals surface area contributed by atoms with Gasteiger partial charge in [-0.1, -0.05) is 32.0 Å². The highest BCUT2D eigenvalue weighted by molar-refractivity contribution is 5.82. The molecule has 0 fully saturated rings. The second kappa shape index (κ2) is 11.3. The van der Waals surface area contributed by atoms with Crippen molar-refractivity contribution in [1.82, 2.24) is 14.9 Å². The van der Waals surface area contributed by atoms with Crippen LogP contribution in [0.2, 0.25) is 0 Å². The average Bonchev–Trinajstić information content (AvgIpc) is 2.79. The van der Waals surface area contributed by atoms with Gasteiger partial charge in [-0.3, -0.25) is 19.4 Å². The van der Waals surface area contributed by atoms with Crippen molar-refractivity contribution >= 4 is 11.9 Å². The lowest BCUT2D eigenvalue weighted by Gasteiger charge is -2.25. The number of halogens is 1. The largest absolute Gasteiger partial charge is 0.481 e. The van der Waals surface area contributed by atoms with E-state index in [2.05, 4.69) is 10.3 Å². The van der Waals surface area contributed by atoms with E-state index in [1.54, 1.807) is 6.20 Å². The van der Waals surface area contributed by atoms with Gasteiger partial charge in [0.2, 0.25) is 5.91 Å². The summed E-state index contributed by atoms with van der Waals surface area (Å²) in [6.07, 6.45) is 4.17. The Morgan fingerprint density at radius 3 is 2.36 bits per heavy atom. The molecule has 2 atom stereocenters. The highest BCUT2D eigenvalue weighted by Gasteiger charge is 2.27. The van der Waals surface area contributed by atoms with Gasteiger partial charge in [-0.25, -0.2) is 4.39 Å². The van der Waals surface area contributed by atoms with Crippen molar-refractivity contribution in [2.45, 2.75) is 59.5 Å². The van der Waals surface area contributed by atoms with Crippen LogP contribution in [0, 0.1) is 32.5 Å². The molecule has 1 aromatic carbocycles. The van der Waals surface area contributed by atoms with Crippen LogP contribution < -0.4 is 10.9 Å². The molecular weight excluding hydrogens is 461 g/mol. The molecule has 190 valence electrons. The Morgan fingerprint density at radius 2 is 1.75 bits per heavy atom. The molecule has 0 aliphatic rings. The summed E-state index contributed by atoms with van der Waals surface area (Å²) in [6, 6.07) is 7.02. The summed E-state index contributed by atoms with van der Waals surface area (Å²) in [7, 11) is 0. The lowest BCUT2D eigenvalue weighted by Crippen LogP contribution is -2.40. The number of nitrogens with zero attached hydrogens (tertiary/aromatic N) is 2. The maximum absolute atomic E-state index is 14.3. The Bertz CT molecular complexity index is 1310. The van der Waals surface area contributed by atoms with Gasteiger partial charge in [0.25, 0.3) is 5.56 Å². The zero-order chi connectivity index (χ0) is 26.6. The molecule has 36 heavy (non-hydrogen) atoms. The number of carbonyl (C=O) groups is 2. The SMILES string of the molecule is Cc1cc(=O)n([C@H](CC(C)C)C(=O)N[C@@H](CC(=O)O)c2cncc(-c3c(C)cccc3C)c2)cc1F. The lowest BCUT2D eigenvalue weighted by atomic mass is 9.94. The van der Waals surface area contributed by atoms with Crippen molar-refractivity contribution in [2.24, 2.45) is 5.92 Å². The van der Waals surface area contributed by atoms with Crippen LogP contribution in [-0.4, -0.2) is 26.5 Å². The summed E-state index contributed by atoms with van der Waals surface area (Å²) in [4.78, 5) is 42.1. The number of aliphatic carboxylic acids is 1. The van der Waals surface area contributed by atoms with Crippen LogP contribution in [-0.2, 0) is 9.59 Å². The van der Waals surface area contributed by atoms with Crippen molar-refractivity contribution < 1.29 is 19.1 Å². The third kappa shape index (κ3) is 6.24. The normalized spacial score (nSPS) is 12.9. The molecule has 0 saturated heterocycles. The minimum atomic E-state index is -1.10. The smallest absolute Gasteiger partial charge is 0.305 e. The van der Waals surface area contributed by atoms with Crippen LogP contribution in [0.1, 0.15) is 61.0 Å². The fourth-order valence-corrected chi connectivity index (χ4v) is 4.40. The molecular formula is C28H32FN3O4. The van der Waals surface area contributed by atoms with Crippen LogP contribution in [0.4, 0.5) is 4.39 Å². The Hall–Kier alpha value is -3.81. The van der Waals surface area contributed by atoms with Gasteiger partial charge < -0.3 is 15.0 Å². The van der Waals surface area contributed by atoms with Gasteiger partial charge in [0.05, 0.1) is 12.5 Å². The maximum Gasteiger partial charge on any atom is 0.305 e. The van der Waals surface area contributed by atoms with E-state index in [1.165, 1.54) is 13.1 Å². The van der Waals surface area contributed by atoms with Gasteiger partial charge in [0.15, 0.2) is 0 Å². The summed E-state index contributed by atoms with van der Waals surface area (Å²) in [5.74, 6) is -2.23. The third-order valence-corrected chi connectivity index (χ3v) is 6.18. The number of carboxylic acids is 1. The highest BCUT2D eigenvalue weighted by atomic mass is 19.1. The summed E-state index contributed by atoms with van der Waals surface area (Å²) in [5.41, 5.74) is 4.11. The van der Waals surface area contributed by atoms with Gasteiger partial charge in [0, 0.05) is 30.2 Å². The van der Waals surface area contributed by atoms with E-state index in [-0.39, 0.29) is 24.3 Å². The summed E-state index contributed by atoms with van der Waals surface area (Å²) in [5, 5.41) is 12.4. The van der Waals surface area contributed by atoms with Crippen molar-refractivity contribution in [3.8, 4) is 11.1 Å². The van der Waals surface area contributed by atoms with Crippen molar-refractivity contribution in [2.75, 3.05) is 0 Å². The number of hydrogen-bond donors (Lipinski definition) is 2. The fourth-order valence-electron chi connectivity index (χ4n) is 4.40. The molecule has 0 saturated carbocycles. The van der Waals surface area contributed by atoms with Crippen LogP contribution in [0.15, 0.2) is 53.7 Å². The van der Waals surface area contributed by atoms with Crippen LogP contribution >= 0.6 is 0 Å². The molecule has 3 rings (SSSR count). The number of benzene rings is 1. The number of rotatable bonds is 9. The Labute approximate surface area is 210 Å². The molecule has 7 nitrogen and oxygen atoms in total. The van der Waals surface area contributed by atoms with Crippen molar-refractivity contribution in [3.05, 3.63) is 87.3 Å². The predicted molar refractivity (Wildman–Crippen MR) is 136 cm³/mol. The molecule has 3 aromatic rings. The van der Waals surface area contributed by atoms with E-state index < -0.39 is 35.3 Å². The number of carbonyl (C=O) groups excluding carboxylic acids is 1. The van der Waals surface area contributed by atoms with Gasteiger partial charge in [-0.2, -0.15) is 0 Å². The van der Waals surface area contributed by atoms with Crippen LogP contribution in [0.25, 0.3) is 11.1 Å². The standard InChI is InChI=1S/C28H32FN3O4/c1-16(2)9-24(32-15-22(29)19(5)10-25(32)33)28(36)31-23(12-26(34)35)20-11-21(14-30-13-20)27-17(3)7-6-8-18(27)4/h6-8,10-11,13-16,23-24H,9,12H2,1-5H3,(H,31,36)(H,34,35)/t23-,24+/m0/s1. The average molecular weight is 494 g/mol. The van der Waals surface area contributed by atoms with Gasteiger partial charge in [0.1, 0.15) is 11.9 Å². The molecule has 0 radical (unpaired) electrons. The predicted octanol–water partition coefficient (Wildman–Crippen LogP) is 4.89. The Balaban J connectivity index is 2.00. The Kier molecular flexibility index (Phi) is 8.40. The molecule has 8 heteroatoms. The quantitative estimate of drug-likeness (QED) is 0.442. The monoisotopic (exact) mass is 493 g/mol. The van der Waals surface area contributed by atoms with Crippen molar-refractivity contribution in [3.63, 3.8) is 0 Å². The van der Waals surface area contributed by atoms with E-state index in [0.29, 0.717) is 5.56 Å². The van der Waals surface area contributed by atoms with E-state index >= 15 is 0 Å². The number of hydrogen-bond acceptors (Lipinski definition) is 4. The second-order valence-corrected chi connectivity index (χ2v) is 9.63. The molecule has 2 heterocycles. The summed E-state index contributed by atoms with van der Waals surface area (Å²) in [6.45, 7) is 9.24. The first-order valence-electron chi connectivity index (χ1n) is 11.9. The fraction of sp³-hybridized carbons (Fsp3) is 0.357. The molecule has 0 bridgehead atoms. The second-order valence-electron chi connectivity index (χ2n) is 9.63. The highest BCUT2D eigenvalue weighted by Crippen LogP contribution is 2.29. The number of carboxylic acid groups (broad SMARTS) is 1. The molecule has 0 unspecified atom stereocenters. The van der Waals surface area contributed by atoms with Crippen molar-refractivity contribution in [1.29, 1.82) is 0 Å². The van der Waals surface area contributed by atoms with E-state index in [1.807, 2.05) is 52.0 Å². The molecule has 0 aliphatic heterocycles. The summed E-state index contributed by atoms with van der Waals surface area (Å²) >= 11 is 0. The first-order chi connectivity index (χ1) is 17.0. The van der Waals surface area contributed by atoms with Crippen LogP contribution in [0.5, 0.6) is 0 Å². The van der Waals surface area contributed by atoms with Gasteiger partial charge in [-0.15, -0.1) is 0 Å². The minimum Gasteiger partial charge on any atom is -0.481 e. The van der Waals surface area contributed by atoms with E-state index in [9.17, 15) is 23.9 Å². The van der Waals surface area contributed by atoms with Gasteiger partial charge in [-0.05, 0) is 67.0 Å². The minimum absolute atomic E-state index is 0.0176. The number of aryl methyl sites for hydroxylation is 3. The lowest BCUT2D eigenvalue weighted by molar-refractivity contribution is -0.138. The molecule has 0 aliphatic carbocycles. The summed E-state index contributed by atoms with van der Waals surface area (Å²) < 4.78 is 15.4. The van der Waals surface area contributed by atoms with Crippen LogP contribution in [0.3, 0.4) is 0 Å². The molecule has 2 N–H and O–H groups in total.